The van der Waals surface area contributed by atoms with Crippen molar-refractivity contribution in [1.82, 2.24) is 4.98 Å². The van der Waals surface area contributed by atoms with Crippen LogP contribution in [0.5, 0.6) is 0 Å². The molecule has 1 fully saturated rings. The molecule has 1 aromatic heterocycles. The molecule has 1 heterocycles. The van der Waals surface area contributed by atoms with Gasteiger partial charge >= 0.3 is 5.97 Å². The van der Waals surface area contributed by atoms with Gasteiger partial charge in [-0.2, -0.15) is 0 Å². The number of rotatable bonds is 2. The minimum absolute atomic E-state index is 0.264. The highest BCUT2D eigenvalue weighted by atomic mass is 32.1. The van der Waals surface area contributed by atoms with E-state index in [-0.39, 0.29) is 5.97 Å². The fourth-order valence-electron chi connectivity index (χ4n) is 2.37. The van der Waals surface area contributed by atoms with Gasteiger partial charge in [0.2, 0.25) is 0 Å². The Labute approximate surface area is 106 Å². The van der Waals surface area contributed by atoms with Crippen LogP contribution in [-0.2, 0) is 4.74 Å². The second-order valence-electron chi connectivity index (χ2n) is 4.60. The Morgan fingerprint density at radius 2 is 1.94 bits per heavy atom. The van der Waals surface area contributed by atoms with Gasteiger partial charge in [-0.15, -0.1) is 11.3 Å². The Morgan fingerprint density at radius 1 is 1.29 bits per heavy atom. The Hall–Kier alpha value is -0.900. The molecule has 0 aromatic carbocycles. The van der Waals surface area contributed by atoms with Crippen LogP contribution in [0, 0.1) is 0 Å². The molecule has 2 rings (SSSR count). The Bertz CT molecular complexity index is 367. The number of thiazole rings is 1. The van der Waals surface area contributed by atoms with Gasteiger partial charge in [-0.3, -0.25) is 0 Å². The molecule has 94 valence electrons. The first-order valence-corrected chi connectivity index (χ1v) is 7.17. The maximum atomic E-state index is 11.4. The van der Waals surface area contributed by atoms with Gasteiger partial charge in [0.05, 0.1) is 18.3 Å². The van der Waals surface area contributed by atoms with Crippen LogP contribution in [0.4, 0.5) is 0 Å². The van der Waals surface area contributed by atoms with Crippen molar-refractivity contribution in [2.24, 2.45) is 0 Å². The number of nitrogens with zero attached hydrogens (tertiary/aromatic N) is 1. The average molecular weight is 253 g/mol. The van der Waals surface area contributed by atoms with Crippen molar-refractivity contribution >= 4 is 17.3 Å². The number of aromatic nitrogens is 1. The molecule has 0 aliphatic heterocycles. The number of methoxy groups -OCH3 is 1. The van der Waals surface area contributed by atoms with Crippen molar-refractivity contribution in [3.8, 4) is 0 Å². The maximum absolute atomic E-state index is 11.4. The van der Waals surface area contributed by atoms with Crippen molar-refractivity contribution in [3.05, 3.63) is 16.1 Å². The molecular formula is C13H19NO2S. The number of esters is 1. The summed E-state index contributed by atoms with van der Waals surface area (Å²) in [6.45, 7) is 0. The Kier molecular flexibility index (Phi) is 4.54. The molecule has 0 unspecified atom stereocenters. The normalized spacial score (nSPS) is 18.4. The fraction of sp³-hybridized carbons (Fsp3) is 0.692. The van der Waals surface area contributed by atoms with Gasteiger partial charge in [0.25, 0.3) is 0 Å². The smallest absolute Gasteiger partial charge is 0.349 e. The Balaban J connectivity index is 2.04. The van der Waals surface area contributed by atoms with Gasteiger partial charge in [-0.05, 0) is 12.8 Å². The molecule has 3 nitrogen and oxygen atoms in total. The summed E-state index contributed by atoms with van der Waals surface area (Å²) in [6, 6.07) is 0. The van der Waals surface area contributed by atoms with Gasteiger partial charge < -0.3 is 4.74 Å². The first kappa shape index (κ1) is 12.6. The average Bonchev–Trinajstić information content (AvgIpc) is 2.77. The summed E-state index contributed by atoms with van der Waals surface area (Å²) >= 11 is 1.50. The van der Waals surface area contributed by atoms with Gasteiger partial charge in [0.15, 0.2) is 0 Å². The van der Waals surface area contributed by atoms with E-state index >= 15 is 0 Å². The van der Waals surface area contributed by atoms with Gasteiger partial charge in [-0.25, -0.2) is 9.78 Å². The van der Waals surface area contributed by atoms with Crippen molar-refractivity contribution < 1.29 is 9.53 Å². The number of ether oxygens (including phenoxy) is 1. The summed E-state index contributed by atoms with van der Waals surface area (Å²) in [5.74, 6) is 0.290. The quantitative estimate of drug-likeness (QED) is 0.753. The third-order valence-corrected chi connectivity index (χ3v) is 4.50. The second kappa shape index (κ2) is 6.15. The highest BCUT2D eigenvalue weighted by molar-refractivity contribution is 7.13. The summed E-state index contributed by atoms with van der Waals surface area (Å²) in [6.07, 6.45) is 10.7. The van der Waals surface area contributed by atoms with Crippen molar-refractivity contribution in [1.29, 1.82) is 0 Å². The molecule has 0 radical (unpaired) electrons. The van der Waals surface area contributed by atoms with E-state index in [2.05, 4.69) is 4.98 Å². The molecular weight excluding hydrogens is 234 g/mol. The zero-order valence-electron chi connectivity index (χ0n) is 10.3. The molecule has 1 saturated carbocycles. The van der Waals surface area contributed by atoms with E-state index in [1.54, 1.807) is 6.20 Å². The van der Waals surface area contributed by atoms with Crippen LogP contribution in [0.2, 0.25) is 0 Å². The van der Waals surface area contributed by atoms with Crippen LogP contribution in [-0.4, -0.2) is 18.1 Å². The summed E-state index contributed by atoms with van der Waals surface area (Å²) < 4.78 is 4.71. The lowest BCUT2D eigenvalue weighted by atomic mass is 9.92. The van der Waals surface area contributed by atoms with E-state index in [1.807, 2.05) is 0 Å². The van der Waals surface area contributed by atoms with Gasteiger partial charge in [0.1, 0.15) is 4.88 Å². The zero-order chi connectivity index (χ0) is 12.1. The summed E-state index contributed by atoms with van der Waals surface area (Å²) in [5, 5.41) is 1.12. The molecule has 4 heteroatoms. The molecule has 1 aromatic rings. The molecule has 0 N–H and O–H groups in total. The highest BCUT2D eigenvalue weighted by Crippen LogP contribution is 2.33. The monoisotopic (exact) mass is 253 g/mol. The lowest BCUT2D eigenvalue weighted by Crippen LogP contribution is -2.01. The number of hydrogen-bond acceptors (Lipinski definition) is 4. The number of carbonyl (C=O) groups is 1. The fourth-order valence-corrected chi connectivity index (χ4v) is 3.38. The van der Waals surface area contributed by atoms with E-state index in [4.69, 9.17) is 4.74 Å². The van der Waals surface area contributed by atoms with Crippen molar-refractivity contribution in [2.75, 3.05) is 7.11 Å². The topological polar surface area (TPSA) is 39.2 Å². The molecule has 1 aliphatic rings. The summed E-state index contributed by atoms with van der Waals surface area (Å²) in [7, 11) is 1.41. The predicted molar refractivity (Wildman–Crippen MR) is 68.5 cm³/mol. The SMILES string of the molecule is COC(=O)c1cnc(C2CCCCCCC2)s1. The van der Waals surface area contributed by atoms with Crippen LogP contribution in [0.15, 0.2) is 6.20 Å². The zero-order valence-corrected chi connectivity index (χ0v) is 11.1. The molecule has 0 saturated heterocycles. The van der Waals surface area contributed by atoms with Crippen molar-refractivity contribution in [2.45, 2.75) is 50.9 Å². The molecule has 0 atom stereocenters. The highest BCUT2D eigenvalue weighted by Gasteiger charge is 2.19. The largest absolute Gasteiger partial charge is 0.465 e. The molecule has 0 spiro atoms. The van der Waals surface area contributed by atoms with E-state index in [0.717, 1.165) is 5.01 Å². The standard InChI is InChI=1S/C13H19NO2S/c1-16-13(15)11-9-14-12(17-11)10-7-5-3-2-4-6-8-10/h9-10H,2-8H2,1H3. The minimum atomic E-state index is -0.264. The number of carbonyl (C=O) groups excluding carboxylic acids is 1. The third kappa shape index (κ3) is 3.28. The van der Waals surface area contributed by atoms with E-state index in [0.29, 0.717) is 10.8 Å². The van der Waals surface area contributed by atoms with Gasteiger partial charge in [-0.1, -0.05) is 32.1 Å². The lowest BCUT2D eigenvalue weighted by Gasteiger charge is -2.17. The molecule has 0 bridgehead atoms. The van der Waals surface area contributed by atoms with Crippen LogP contribution in [0.3, 0.4) is 0 Å². The molecule has 17 heavy (non-hydrogen) atoms. The van der Waals surface area contributed by atoms with E-state index in [9.17, 15) is 4.79 Å². The minimum Gasteiger partial charge on any atom is -0.465 e. The van der Waals surface area contributed by atoms with Crippen LogP contribution < -0.4 is 0 Å². The van der Waals surface area contributed by atoms with Gasteiger partial charge in [0, 0.05) is 5.92 Å². The molecule has 0 amide bonds. The second-order valence-corrected chi connectivity index (χ2v) is 5.66. The van der Waals surface area contributed by atoms with Crippen LogP contribution in [0.25, 0.3) is 0 Å². The third-order valence-electron chi connectivity index (χ3n) is 3.36. The van der Waals surface area contributed by atoms with Crippen LogP contribution in [0.1, 0.15) is 65.5 Å². The van der Waals surface area contributed by atoms with Crippen molar-refractivity contribution in [3.63, 3.8) is 0 Å². The summed E-state index contributed by atoms with van der Waals surface area (Å²) in [4.78, 5) is 16.4. The first-order valence-electron chi connectivity index (χ1n) is 6.35. The lowest BCUT2D eigenvalue weighted by molar-refractivity contribution is 0.0606. The number of hydrogen-bond donors (Lipinski definition) is 0. The first-order chi connectivity index (χ1) is 8.31. The Morgan fingerprint density at radius 3 is 2.59 bits per heavy atom. The maximum Gasteiger partial charge on any atom is 0.349 e. The predicted octanol–water partition coefficient (Wildman–Crippen LogP) is 3.76. The van der Waals surface area contributed by atoms with Crippen LogP contribution >= 0.6 is 11.3 Å². The molecule has 1 aliphatic carbocycles. The summed E-state index contributed by atoms with van der Waals surface area (Å²) in [5.41, 5.74) is 0. The van der Waals surface area contributed by atoms with E-state index in [1.165, 1.54) is 63.4 Å². The van der Waals surface area contributed by atoms with E-state index < -0.39 is 0 Å².